The summed E-state index contributed by atoms with van der Waals surface area (Å²) in [7, 11) is 0. The molecule has 1 atom stereocenters. The lowest BCUT2D eigenvalue weighted by atomic mass is 9.94. The fourth-order valence-electron chi connectivity index (χ4n) is 4.98. The number of hydrogen-bond acceptors (Lipinski definition) is 3. The second-order valence-corrected chi connectivity index (χ2v) is 12.0. The maximum atomic E-state index is 13.9. The molecule has 206 valence electrons. The molecule has 0 bridgehead atoms. The summed E-state index contributed by atoms with van der Waals surface area (Å²) in [6.45, 7) is 2.22. The van der Waals surface area contributed by atoms with Gasteiger partial charge in [-0.1, -0.05) is 109 Å². The molecule has 4 rings (SSSR count). The molecule has 0 unspecified atom stereocenters. The molecule has 0 radical (unpaired) electrons. The van der Waals surface area contributed by atoms with E-state index in [1.54, 1.807) is 34.9 Å². The van der Waals surface area contributed by atoms with Crippen molar-refractivity contribution >= 4 is 46.8 Å². The van der Waals surface area contributed by atoms with Crippen LogP contribution in [0.3, 0.4) is 0 Å². The van der Waals surface area contributed by atoms with E-state index in [4.69, 9.17) is 23.2 Å². The predicted octanol–water partition coefficient (Wildman–Crippen LogP) is 7.62. The zero-order valence-corrected chi connectivity index (χ0v) is 24.7. The molecule has 7 heteroatoms. The molecule has 1 fully saturated rings. The maximum absolute atomic E-state index is 13.9. The van der Waals surface area contributed by atoms with Crippen molar-refractivity contribution in [1.29, 1.82) is 0 Å². The minimum Gasteiger partial charge on any atom is -0.352 e. The fourth-order valence-corrected chi connectivity index (χ4v) is 6.36. The Balaban J connectivity index is 1.60. The third-order valence-electron chi connectivity index (χ3n) is 7.23. The second kappa shape index (κ2) is 14.8. The van der Waals surface area contributed by atoms with E-state index >= 15 is 0 Å². The Morgan fingerprint density at radius 3 is 2.23 bits per heavy atom. The number of nitrogens with zero attached hydrogens (tertiary/aromatic N) is 1. The van der Waals surface area contributed by atoms with E-state index in [2.05, 4.69) is 36.5 Å². The van der Waals surface area contributed by atoms with Crippen molar-refractivity contribution in [1.82, 2.24) is 10.2 Å². The van der Waals surface area contributed by atoms with Gasteiger partial charge in [0.2, 0.25) is 11.8 Å². The van der Waals surface area contributed by atoms with E-state index in [0.717, 1.165) is 36.8 Å². The van der Waals surface area contributed by atoms with E-state index in [1.165, 1.54) is 12.0 Å². The Bertz CT molecular complexity index is 1210. The van der Waals surface area contributed by atoms with Crippen LogP contribution in [0.2, 0.25) is 10.0 Å². The highest BCUT2D eigenvalue weighted by atomic mass is 35.5. The van der Waals surface area contributed by atoms with Crippen LogP contribution in [-0.2, 0) is 28.3 Å². The van der Waals surface area contributed by atoms with E-state index in [0.29, 0.717) is 27.8 Å². The van der Waals surface area contributed by atoms with Crippen molar-refractivity contribution in [2.75, 3.05) is 5.75 Å². The van der Waals surface area contributed by atoms with Gasteiger partial charge in [-0.2, -0.15) is 0 Å². The molecule has 1 aliphatic carbocycles. The first kappa shape index (κ1) is 29.5. The van der Waals surface area contributed by atoms with E-state index in [-0.39, 0.29) is 30.2 Å². The van der Waals surface area contributed by atoms with Crippen molar-refractivity contribution in [2.24, 2.45) is 0 Å². The molecular formula is C32H36Cl2N2O2S. The number of benzene rings is 3. The normalized spacial score (nSPS) is 14.5. The molecule has 1 N–H and O–H groups in total. The standard InChI is InChI=1S/C32H36Cl2N2O2S/c1-23-15-17-25(18-16-23)21-39-22-31(37)36(20-27-28(33)13-8-14-29(27)34)30(19-24-9-4-2-5-10-24)32(38)35-26-11-6-3-7-12-26/h2,4-5,8-10,13-18,26,30H,3,6-7,11-12,19-22H2,1H3,(H,35,38)/t30-/m0/s1. The molecule has 2 amide bonds. The lowest BCUT2D eigenvalue weighted by Gasteiger charge is -2.34. The van der Waals surface area contributed by atoms with Gasteiger partial charge >= 0.3 is 0 Å². The second-order valence-electron chi connectivity index (χ2n) is 10.2. The van der Waals surface area contributed by atoms with Gasteiger partial charge in [0.1, 0.15) is 6.04 Å². The highest BCUT2D eigenvalue weighted by Crippen LogP contribution is 2.28. The quantitative estimate of drug-likeness (QED) is 0.253. The minimum atomic E-state index is -0.686. The first-order chi connectivity index (χ1) is 18.9. The van der Waals surface area contributed by atoms with Crippen LogP contribution in [0, 0.1) is 6.92 Å². The molecule has 0 aromatic heterocycles. The first-order valence-electron chi connectivity index (χ1n) is 13.6. The smallest absolute Gasteiger partial charge is 0.243 e. The number of nitrogens with one attached hydrogen (secondary N) is 1. The summed E-state index contributed by atoms with van der Waals surface area (Å²) < 4.78 is 0. The summed E-state index contributed by atoms with van der Waals surface area (Å²) in [6.07, 6.45) is 5.79. The third kappa shape index (κ3) is 8.76. The highest BCUT2D eigenvalue weighted by molar-refractivity contribution is 7.99. The number of amides is 2. The summed E-state index contributed by atoms with van der Waals surface area (Å²) in [6, 6.07) is 23.0. The summed E-state index contributed by atoms with van der Waals surface area (Å²) in [4.78, 5) is 29.4. The van der Waals surface area contributed by atoms with E-state index < -0.39 is 6.04 Å². The molecule has 0 heterocycles. The Hall–Kier alpha value is -2.47. The van der Waals surface area contributed by atoms with Crippen LogP contribution in [0.25, 0.3) is 0 Å². The average Bonchev–Trinajstić information content (AvgIpc) is 2.94. The molecule has 1 saturated carbocycles. The SMILES string of the molecule is Cc1ccc(CSCC(=O)N(Cc2c(Cl)cccc2Cl)[C@@H](Cc2ccccc2)C(=O)NC2CCCCC2)cc1. The van der Waals surface area contributed by atoms with Crippen LogP contribution >= 0.6 is 35.0 Å². The number of hydrogen-bond donors (Lipinski definition) is 1. The van der Waals surface area contributed by atoms with Crippen LogP contribution < -0.4 is 5.32 Å². The van der Waals surface area contributed by atoms with Gasteiger partial charge in [-0.25, -0.2) is 0 Å². The molecule has 39 heavy (non-hydrogen) atoms. The summed E-state index contributed by atoms with van der Waals surface area (Å²) in [5.41, 5.74) is 4.02. The first-order valence-corrected chi connectivity index (χ1v) is 15.5. The monoisotopic (exact) mass is 582 g/mol. The van der Waals surface area contributed by atoms with Crippen molar-refractivity contribution in [2.45, 2.75) is 69.8 Å². The lowest BCUT2D eigenvalue weighted by Crippen LogP contribution is -2.53. The van der Waals surface area contributed by atoms with Gasteiger partial charge in [0.05, 0.1) is 5.75 Å². The van der Waals surface area contributed by atoms with Crippen LogP contribution in [0.5, 0.6) is 0 Å². The van der Waals surface area contributed by atoms with Crippen molar-refractivity contribution in [3.8, 4) is 0 Å². The van der Waals surface area contributed by atoms with Gasteiger partial charge in [0, 0.05) is 40.4 Å². The number of halogens is 2. The Morgan fingerprint density at radius 2 is 1.56 bits per heavy atom. The number of aryl methyl sites for hydroxylation is 1. The van der Waals surface area contributed by atoms with Gasteiger partial charge in [0.25, 0.3) is 0 Å². The molecule has 3 aromatic carbocycles. The Morgan fingerprint density at radius 1 is 0.897 bits per heavy atom. The predicted molar refractivity (Wildman–Crippen MR) is 163 cm³/mol. The molecule has 3 aromatic rings. The number of carbonyl (C=O) groups excluding carboxylic acids is 2. The van der Waals surface area contributed by atoms with E-state index in [9.17, 15) is 9.59 Å². The van der Waals surface area contributed by atoms with Gasteiger partial charge in [-0.15, -0.1) is 11.8 Å². The zero-order chi connectivity index (χ0) is 27.6. The summed E-state index contributed by atoms with van der Waals surface area (Å²) >= 11 is 14.6. The number of thioether (sulfide) groups is 1. The van der Waals surface area contributed by atoms with Crippen LogP contribution in [-0.4, -0.2) is 34.6 Å². The topological polar surface area (TPSA) is 49.4 Å². The Labute approximate surface area is 246 Å². The van der Waals surface area contributed by atoms with Crippen molar-refractivity contribution < 1.29 is 9.59 Å². The minimum absolute atomic E-state index is 0.108. The largest absolute Gasteiger partial charge is 0.352 e. The fraction of sp³-hybridized carbons (Fsp3) is 0.375. The lowest BCUT2D eigenvalue weighted by molar-refractivity contribution is -0.139. The average molecular weight is 584 g/mol. The molecule has 0 aliphatic heterocycles. The molecule has 4 nitrogen and oxygen atoms in total. The van der Waals surface area contributed by atoms with Crippen LogP contribution in [0.15, 0.2) is 72.8 Å². The van der Waals surface area contributed by atoms with Crippen molar-refractivity contribution in [3.63, 3.8) is 0 Å². The van der Waals surface area contributed by atoms with Gasteiger partial charge in [-0.05, 0) is 43.0 Å². The van der Waals surface area contributed by atoms with Gasteiger partial charge in [-0.3, -0.25) is 9.59 Å². The van der Waals surface area contributed by atoms with Crippen molar-refractivity contribution in [3.05, 3.63) is 105 Å². The molecule has 0 saturated heterocycles. The van der Waals surface area contributed by atoms with E-state index in [1.807, 2.05) is 30.3 Å². The van der Waals surface area contributed by atoms with Crippen LogP contribution in [0.1, 0.15) is 54.4 Å². The highest BCUT2D eigenvalue weighted by Gasteiger charge is 2.32. The van der Waals surface area contributed by atoms with Gasteiger partial charge < -0.3 is 10.2 Å². The molecular weight excluding hydrogens is 547 g/mol. The maximum Gasteiger partial charge on any atom is 0.243 e. The zero-order valence-electron chi connectivity index (χ0n) is 22.4. The van der Waals surface area contributed by atoms with Gasteiger partial charge in [0.15, 0.2) is 0 Å². The number of carbonyl (C=O) groups is 2. The summed E-state index contributed by atoms with van der Waals surface area (Å²) in [5, 5.41) is 4.24. The summed E-state index contributed by atoms with van der Waals surface area (Å²) in [5.74, 6) is 0.732. The number of rotatable bonds is 11. The molecule has 0 spiro atoms. The Kier molecular flexibility index (Phi) is 11.2. The molecule has 1 aliphatic rings. The third-order valence-corrected chi connectivity index (χ3v) is 8.92. The van der Waals surface area contributed by atoms with Crippen LogP contribution in [0.4, 0.5) is 0 Å².